The van der Waals surface area contributed by atoms with E-state index in [-0.39, 0.29) is 25.3 Å². The number of halogens is 3. The Kier molecular flexibility index (Phi) is 5.34. The van der Waals surface area contributed by atoms with Crippen molar-refractivity contribution in [2.75, 3.05) is 11.9 Å². The molecule has 1 aliphatic heterocycles. The lowest BCUT2D eigenvalue weighted by Gasteiger charge is -2.40. The fourth-order valence-electron chi connectivity index (χ4n) is 3.50. The van der Waals surface area contributed by atoms with Gasteiger partial charge in [0.05, 0.1) is 0 Å². The second-order valence-corrected chi connectivity index (χ2v) is 6.19. The lowest BCUT2D eigenvalue weighted by molar-refractivity contribution is -0.227. The molecule has 0 aromatic heterocycles. The Morgan fingerprint density at radius 2 is 2.13 bits per heavy atom. The van der Waals surface area contributed by atoms with Crippen LogP contribution in [0.25, 0.3) is 0 Å². The Morgan fingerprint density at radius 3 is 2.74 bits per heavy atom. The Hall–Kier alpha value is -1.56. The number of hydrogen-bond donors (Lipinski definition) is 1. The maximum absolute atomic E-state index is 13.7. The van der Waals surface area contributed by atoms with E-state index in [4.69, 9.17) is 0 Å². The van der Waals surface area contributed by atoms with Crippen LogP contribution in [0, 0.1) is 0 Å². The van der Waals surface area contributed by atoms with Gasteiger partial charge in [0.2, 0.25) is 5.91 Å². The molecule has 2 rings (SSSR count). The zero-order valence-corrected chi connectivity index (χ0v) is 13.5. The Labute approximate surface area is 134 Å². The van der Waals surface area contributed by atoms with Crippen molar-refractivity contribution in [3.63, 3.8) is 0 Å². The number of hydrogen-bond acceptors (Lipinski definition) is 2. The molecule has 0 saturated carbocycles. The van der Waals surface area contributed by atoms with Gasteiger partial charge in [0, 0.05) is 19.2 Å². The quantitative estimate of drug-likeness (QED) is 0.872. The number of nitrogens with one attached hydrogen (secondary N) is 1. The molecule has 1 aromatic carbocycles. The van der Waals surface area contributed by atoms with Crippen molar-refractivity contribution in [3.05, 3.63) is 29.8 Å². The number of alkyl halides is 3. The van der Waals surface area contributed by atoms with Crippen LogP contribution in [0.1, 0.15) is 45.1 Å². The van der Waals surface area contributed by atoms with Crippen LogP contribution >= 0.6 is 0 Å². The first kappa shape index (κ1) is 17.8. The van der Waals surface area contributed by atoms with E-state index in [2.05, 4.69) is 5.32 Å². The molecular formula is C17H23F3N2O. The molecule has 1 aliphatic rings. The maximum atomic E-state index is 13.7. The molecule has 1 fully saturated rings. The van der Waals surface area contributed by atoms with Crippen LogP contribution < -0.4 is 5.32 Å². The molecule has 23 heavy (non-hydrogen) atoms. The van der Waals surface area contributed by atoms with Gasteiger partial charge in [-0.3, -0.25) is 9.69 Å². The number of carbonyl (C=O) groups is 1. The van der Waals surface area contributed by atoms with Crippen LogP contribution in [-0.4, -0.2) is 29.1 Å². The molecule has 128 valence electrons. The predicted molar refractivity (Wildman–Crippen MR) is 84.1 cm³/mol. The zero-order valence-electron chi connectivity index (χ0n) is 13.5. The zero-order chi connectivity index (χ0) is 17.1. The van der Waals surface area contributed by atoms with Crippen LogP contribution in [0.2, 0.25) is 0 Å². The minimum Gasteiger partial charge on any atom is -0.326 e. The fourth-order valence-corrected chi connectivity index (χ4v) is 3.50. The molecule has 1 saturated heterocycles. The van der Waals surface area contributed by atoms with Crippen LogP contribution in [0.5, 0.6) is 0 Å². The van der Waals surface area contributed by atoms with Gasteiger partial charge in [-0.05, 0) is 43.5 Å². The van der Waals surface area contributed by atoms with Gasteiger partial charge in [0.1, 0.15) is 5.54 Å². The minimum atomic E-state index is -4.23. The standard InChI is InChI=1S/C17H23F3N2O/c1-3-8-16(17(18,19)20)9-5-10-22(16)12-14-6-4-7-15(11-14)21-13(2)23/h4,6-7,11H,3,5,8-10,12H2,1-2H3,(H,21,23)/t16-/m1/s1. The molecule has 3 nitrogen and oxygen atoms in total. The van der Waals surface area contributed by atoms with Crippen molar-refractivity contribution < 1.29 is 18.0 Å². The van der Waals surface area contributed by atoms with Gasteiger partial charge in [-0.1, -0.05) is 25.5 Å². The summed E-state index contributed by atoms with van der Waals surface area (Å²) in [6.45, 7) is 3.89. The first-order chi connectivity index (χ1) is 10.8. The highest BCUT2D eigenvalue weighted by Gasteiger charge is 2.59. The highest BCUT2D eigenvalue weighted by Crippen LogP contribution is 2.46. The minimum absolute atomic E-state index is 0.127. The van der Waals surface area contributed by atoms with Gasteiger partial charge in [-0.25, -0.2) is 0 Å². The highest BCUT2D eigenvalue weighted by molar-refractivity contribution is 5.88. The number of amides is 1. The summed E-state index contributed by atoms with van der Waals surface area (Å²) in [6.07, 6.45) is -2.88. The molecule has 0 unspecified atom stereocenters. The van der Waals surface area contributed by atoms with Crippen molar-refractivity contribution in [2.24, 2.45) is 0 Å². The maximum Gasteiger partial charge on any atom is 0.406 e. The average molecular weight is 328 g/mol. The molecular weight excluding hydrogens is 305 g/mol. The average Bonchev–Trinajstić information content (AvgIpc) is 2.82. The predicted octanol–water partition coefficient (Wildman–Crippen LogP) is 4.34. The van der Waals surface area contributed by atoms with Crippen molar-refractivity contribution in [1.29, 1.82) is 0 Å². The summed E-state index contributed by atoms with van der Waals surface area (Å²) in [5.41, 5.74) is -0.323. The molecule has 0 spiro atoms. The molecule has 1 heterocycles. The third kappa shape index (κ3) is 3.86. The van der Waals surface area contributed by atoms with E-state index in [1.165, 1.54) is 6.92 Å². The van der Waals surface area contributed by atoms with Crippen LogP contribution in [0.4, 0.5) is 18.9 Å². The molecule has 1 N–H and O–H groups in total. The Balaban J connectivity index is 2.22. The van der Waals surface area contributed by atoms with Crippen molar-refractivity contribution in [1.82, 2.24) is 4.90 Å². The van der Waals surface area contributed by atoms with E-state index in [0.29, 0.717) is 25.1 Å². The highest BCUT2D eigenvalue weighted by atomic mass is 19.4. The molecule has 6 heteroatoms. The summed E-state index contributed by atoms with van der Waals surface area (Å²) in [5, 5.41) is 2.67. The van der Waals surface area contributed by atoms with E-state index in [1.54, 1.807) is 36.1 Å². The summed E-state index contributed by atoms with van der Waals surface area (Å²) in [4.78, 5) is 12.7. The molecule has 0 radical (unpaired) electrons. The smallest absolute Gasteiger partial charge is 0.326 e. The topological polar surface area (TPSA) is 32.3 Å². The Morgan fingerprint density at radius 1 is 1.39 bits per heavy atom. The van der Waals surface area contributed by atoms with Crippen LogP contribution in [-0.2, 0) is 11.3 Å². The third-order valence-electron chi connectivity index (χ3n) is 4.44. The van der Waals surface area contributed by atoms with Crippen LogP contribution in [0.3, 0.4) is 0 Å². The van der Waals surface area contributed by atoms with Gasteiger partial charge >= 0.3 is 6.18 Å². The van der Waals surface area contributed by atoms with E-state index in [0.717, 1.165) is 5.56 Å². The summed E-state index contributed by atoms with van der Waals surface area (Å²) in [7, 11) is 0. The van der Waals surface area contributed by atoms with Gasteiger partial charge in [-0.2, -0.15) is 13.2 Å². The van der Waals surface area contributed by atoms with Gasteiger partial charge < -0.3 is 5.32 Å². The molecule has 1 aromatic rings. The van der Waals surface area contributed by atoms with E-state index in [9.17, 15) is 18.0 Å². The number of rotatable bonds is 5. The normalized spacial score (nSPS) is 22.3. The number of anilines is 1. The molecule has 0 bridgehead atoms. The largest absolute Gasteiger partial charge is 0.406 e. The summed E-state index contributed by atoms with van der Waals surface area (Å²) in [6, 6.07) is 7.03. The lowest BCUT2D eigenvalue weighted by Crippen LogP contribution is -2.54. The van der Waals surface area contributed by atoms with Crippen molar-refractivity contribution in [3.8, 4) is 0 Å². The fraction of sp³-hybridized carbons (Fsp3) is 0.588. The number of likely N-dealkylation sites (tertiary alicyclic amines) is 1. The monoisotopic (exact) mass is 328 g/mol. The summed E-state index contributed by atoms with van der Waals surface area (Å²) in [5.74, 6) is -0.195. The second-order valence-electron chi connectivity index (χ2n) is 6.19. The van der Waals surface area contributed by atoms with Crippen molar-refractivity contribution >= 4 is 11.6 Å². The van der Waals surface area contributed by atoms with E-state index in [1.807, 2.05) is 0 Å². The summed E-state index contributed by atoms with van der Waals surface area (Å²) < 4.78 is 41.1. The van der Waals surface area contributed by atoms with Crippen LogP contribution in [0.15, 0.2) is 24.3 Å². The molecule has 1 amide bonds. The van der Waals surface area contributed by atoms with Crippen molar-refractivity contribution in [2.45, 2.75) is 57.8 Å². The molecule has 1 atom stereocenters. The second kappa shape index (κ2) is 6.91. The Bertz CT molecular complexity index is 559. The number of nitrogens with zero attached hydrogens (tertiary/aromatic N) is 1. The lowest BCUT2D eigenvalue weighted by atomic mass is 9.89. The SMILES string of the molecule is CCC[C@]1(C(F)(F)F)CCCN1Cc1cccc(NC(C)=O)c1. The summed E-state index contributed by atoms with van der Waals surface area (Å²) >= 11 is 0. The number of carbonyl (C=O) groups excluding carboxylic acids is 1. The first-order valence-electron chi connectivity index (χ1n) is 7.97. The third-order valence-corrected chi connectivity index (χ3v) is 4.44. The van der Waals surface area contributed by atoms with Gasteiger partial charge in [0.15, 0.2) is 0 Å². The van der Waals surface area contributed by atoms with E-state index < -0.39 is 11.7 Å². The molecule has 0 aliphatic carbocycles. The number of benzene rings is 1. The van der Waals surface area contributed by atoms with Gasteiger partial charge in [-0.15, -0.1) is 0 Å². The first-order valence-corrected chi connectivity index (χ1v) is 7.97. The van der Waals surface area contributed by atoms with Gasteiger partial charge in [0.25, 0.3) is 0 Å². The van der Waals surface area contributed by atoms with E-state index >= 15 is 0 Å².